The summed E-state index contributed by atoms with van der Waals surface area (Å²) in [7, 11) is 0. The van der Waals surface area contributed by atoms with Crippen molar-refractivity contribution in [3.05, 3.63) is 53.6 Å². The molecule has 0 saturated heterocycles. The van der Waals surface area contributed by atoms with E-state index < -0.39 is 11.7 Å². The average molecular weight is 279 g/mol. The maximum Gasteiger partial charge on any atom is 0.416 e. The Bertz CT molecular complexity index is 646. The summed E-state index contributed by atoms with van der Waals surface area (Å²) in [6.07, 6.45) is -4.36. The predicted octanol–water partition coefficient (Wildman–Crippen LogP) is 3.24. The molecule has 3 nitrogen and oxygen atoms in total. The van der Waals surface area contributed by atoms with Crippen molar-refractivity contribution in [3.63, 3.8) is 0 Å². The maximum absolute atomic E-state index is 12.5. The SMILES string of the molecule is N=C(N)c1cc(-c2ccc(C(F)(F)F)cc2)ccc1N. The first-order valence-corrected chi connectivity index (χ1v) is 5.70. The third-order valence-corrected chi connectivity index (χ3v) is 2.89. The molecule has 0 aliphatic heterocycles. The van der Waals surface area contributed by atoms with E-state index in [4.69, 9.17) is 16.9 Å². The second kappa shape index (κ2) is 4.88. The minimum absolute atomic E-state index is 0.184. The molecule has 2 aromatic rings. The molecule has 0 spiro atoms. The molecule has 6 heteroatoms. The van der Waals surface area contributed by atoms with Crippen molar-refractivity contribution in [2.75, 3.05) is 5.73 Å². The van der Waals surface area contributed by atoms with Crippen molar-refractivity contribution >= 4 is 11.5 Å². The topological polar surface area (TPSA) is 75.9 Å². The molecule has 2 aromatic carbocycles. The summed E-state index contributed by atoms with van der Waals surface area (Å²) < 4.78 is 37.5. The van der Waals surface area contributed by atoms with Gasteiger partial charge in [0.15, 0.2) is 0 Å². The summed E-state index contributed by atoms with van der Waals surface area (Å²) >= 11 is 0. The molecule has 0 aliphatic carbocycles. The Hall–Kier alpha value is -2.50. The number of hydrogen-bond acceptors (Lipinski definition) is 2. The zero-order valence-corrected chi connectivity index (χ0v) is 10.3. The van der Waals surface area contributed by atoms with Crippen LogP contribution in [0.1, 0.15) is 11.1 Å². The van der Waals surface area contributed by atoms with Crippen LogP contribution in [0, 0.1) is 5.41 Å². The fourth-order valence-electron chi connectivity index (χ4n) is 1.82. The molecule has 20 heavy (non-hydrogen) atoms. The second-order valence-electron chi connectivity index (χ2n) is 4.29. The van der Waals surface area contributed by atoms with Gasteiger partial charge in [-0.2, -0.15) is 13.2 Å². The van der Waals surface area contributed by atoms with Crippen molar-refractivity contribution < 1.29 is 13.2 Å². The van der Waals surface area contributed by atoms with E-state index in [2.05, 4.69) is 0 Å². The Balaban J connectivity index is 2.42. The minimum Gasteiger partial charge on any atom is -0.398 e. The Morgan fingerprint density at radius 1 is 0.950 bits per heavy atom. The molecule has 104 valence electrons. The summed E-state index contributed by atoms with van der Waals surface area (Å²) in [6, 6.07) is 9.60. The maximum atomic E-state index is 12.5. The average Bonchev–Trinajstić information content (AvgIpc) is 2.38. The van der Waals surface area contributed by atoms with E-state index in [1.807, 2.05) is 0 Å². The van der Waals surface area contributed by atoms with Gasteiger partial charge in [0, 0.05) is 11.3 Å². The summed E-state index contributed by atoms with van der Waals surface area (Å²) in [4.78, 5) is 0. The van der Waals surface area contributed by atoms with Crippen LogP contribution in [0.3, 0.4) is 0 Å². The molecule has 0 unspecified atom stereocenters. The van der Waals surface area contributed by atoms with Crippen LogP contribution < -0.4 is 11.5 Å². The van der Waals surface area contributed by atoms with E-state index in [0.717, 1.165) is 12.1 Å². The summed E-state index contributed by atoms with van der Waals surface area (Å²) in [6.45, 7) is 0. The highest BCUT2D eigenvalue weighted by Crippen LogP contribution is 2.31. The number of amidine groups is 1. The van der Waals surface area contributed by atoms with Crippen LogP contribution in [0.4, 0.5) is 18.9 Å². The van der Waals surface area contributed by atoms with Gasteiger partial charge in [-0.3, -0.25) is 5.41 Å². The minimum atomic E-state index is -4.36. The summed E-state index contributed by atoms with van der Waals surface area (Å²) in [5, 5.41) is 7.40. The van der Waals surface area contributed by atoms with Gasteiger partial charge in [0.2, 0.25) is 0 Å². The molecule has 2 rings (SSSR count). The smallest absolute Gasteiger partial charge is 0.398 e. The van der Waals surface area contributed by atoms with Crippen LogP contribution in [-0.2, 0) is 6.18 Å². The highest BCUT2D eigenvalue weighted by Gasteiger charge is 2.29. The van der Waals surface area contributed by atoms with E-state index in [1.54, 1.807) is 18.2 Å². The molecule has 0 aliphatic rings. The number of hydrogen-bond donors (Lipinski definition) is 3. The van der Waals surface area contributed by atoms with E-state index in [0.29, 0.717) is 22.4 Å². The molecule has 0 amide bonds. The molecule has 0 bridgehead atoms. The first-order chi connectivity index (χ1) is 9.29. The number of nitrogen functional groups attached to an aromatic ring is 2. The first-order valence-electron chi connectivity index (χ1n) is 5.70. The van der Waals surface area contributed by atoms with Gasteiger partial charge in [-0.25, -0.2) is 0 Å². The van der Waals surface area contributed by atoms with Gasteiger partial charge in [0.1, 0.15) is 5.84 Å². The lowest BCUT2D eigenvalue weighted by Crippen LogP contribution is -2.13. The first kappa shape index (κ1) is 13.9. The van der Waals surface area contributed by atoms with Gasteiger partial charge in [0.25, 0.3) is 0 Å². The van der Waals surface area contributed by atoms with Gasteiger partial charge in [-0.05, 0) is 35.4 Å². The molecule has 0 atom stereocenters. The Kier molecular flexibility index (Phi) is 3.40. The van der Waals surface area contributed by atoms with Crippen LogP contribution >= 0.6 is 0 Å². The van der Waals surface area contributed by atoms with Crippen LogP contribution in [0.5, 0.6) is 0 Å². The highest BCUT2D eigenvalue weighted by molar-refractivity contribution is 6.01. The lowest BCUT2D eigenvalue weighted by molar-refractivity contribution is -0.137. The van der Waals surface area contributed by atoms with Crippen molar-refractivity contribution in [2.24, 2.45) is 5.73 Å². The molecule has 5 N–H and O–H groups in total. The van der Waals surface area contributed by atoms with Crippen molar-refractivity contribution in [1.29, 1.82) is 5.41 Å². The van der Waals surface area contributed by atoms with Gasteiger partial charge in [-0.15, -0.1) is 0 Å². The molecular weight excluding hydrogens is 267 g/mol. The molecular formula is C14H12F3N3. The molecule has 0 radical (unpaired) electrons. The van der Waals surface area contributed by atoms with Crippen LogP contribution in [0.2, 0.25) is 0 Å². The lowest BCUT2D eigenvalue weighted by atomic mass is 10.0. The number of alkyl halides is 3. The zero-order chi connectivity index (χ0) is 14.9. The van der Waals surface area contributed by atoms with Crippen LogP contribution in [0.15, 0.2) is 42.5 Å². The predicted molar refractivity (Wildman–Crippen MR) is 72.3 cm³/mol. The van der Waals surface area contributed by atoms with Gasteiger partial charge in [-0.1, -0.05) is 18.2 Å². The quantitative estimate of drug-likeness (QED) is 0.448. The van der Waals surface area contributed by atoms with Crippen molar-refractivity contribution in [2.45, 2.75) is 6.18 Å². The monoisotopic (exact) mass is 279 g/mol. The number of benzene rings is 2. The Labute approximate surface area is 113 Å². The largest absolute Gasteiger partial charge is 0.416 e. The van der Waals surface area contributed by atoms with Crippen LogP contribution in [-0.4, -0.2) is 5.84 Å². The van der Waals surface area contributed by atoms with Gasteiger partial charge < -0.3 is 11.5 Å². The number of halogens is 3. The molecule has 0 aromatic heterocycles. The van der Waals surface area contributed by atoms with Crippen molar-refractivity contribution in [1.82, 2.24) is 0 Å². The summed E-state index contributed by atoms with van der Waals surface area (Å²) in [5.74, 6) is -0.184. The molecule has 0 fully saturated rings. The molecule has 0 saturated carbocycles. The van der Waals surface area contributed by atoms with Gasteiger partial charge >= 0.3 is 6.18 Å². The standard InChI is InChI=1S/C14H12F3N3/c15-14(16,17)10-4-1-8(2-5-10)9-3-6-12(18)11(7-9)13(19)20/h1-7H,18H2,(H3,19,20). The number of nitrogens with two attached hydrogens (primary N) is 2. The third kappa shape index (κ3) is 2.74. The third-order valence-electron chi connectivity index (χ3n) is 2.89. The zero-order valence-electron chi connectivity index (χ0n) is 10.3. The van der Waals surface area contributed by atoms with E-state index in [1.165, 1.54) is 12.1 Å². The fraction of sp³-hybridized carbons (Fsp3) is 0.0714. The summed E-state index contributed by atoms with van der Waals surface area (Å²) in [5.41, 5.74) is 12.3. The Morgan fingerprint density at radius 3 is 2.00 bits per heavy atom. The fourth-order valence-corrected chi connectivity index (χ4v) is 1.82. The van der Waals surface area contributed by atoms with E-state index in [-0.39, 0.29) is 5.84 Å². The van der Waals surface area contributed by atoms with Gasteiger partial charge in [0.05, 0.1) is 5.56 Å². The van der Waals surface area contributed by atoms with E-state index >= 15 is 0 Å². The molecule has 0 heterocycles. The van der Waals surface area contributed by atoms with E-state index in [9.17, 15) is 13.2 Å². The highest BCUT2D eigenvalue weighted by atomic mass is 19.4. The Morgan fingerprint density at radius 2 is 1.50 bits per heavy atom. The lowest BCUT2D eigenvalue weighted by Gasteiger charge is -2.10. The number of anilines is 1. The second-order valence-corrected chi connectivity index (χ2v) is 4.29. The number of rotatable bonds is 2. The normalized spacial score (nSPS) is 11.3. The number of nitrogens with one attached hydrogen (secondary N) is 1. The van der Waals surface area contributed by atoms with Crippen LogP contribution in [0.25, 0.3) is 11.1 Å². The van der Waals surface area contributed by atoms with Crippen molar-refractivity contribution in [3.8, 4) is 11.1 Å².